The van der Waals surface area contributed by atoms with Crippen molar-refractivity contribution in [1.82, 2.24) is 0 Å². The molecule has 0 radical (unpaired) electrons. The average Bonchev–Trinajstić information content (AvgIpc) is 2.80. The molecule has 1 nitrogen and oxygen atoms in total. The number of thiophene rings is 1. The van der Waals surface area contributed by atoms with E-state index in [1.807, 2.05) is 37.3 Å². The van der Waals surface area contributed by atoms with Crippen LogP contribution in [-0.2, 0) is 0 Å². The number of hydrogen-bond acceptors (Lipinski definition) is 2. The van der Waals surface area contributed by atoms with Crippen molar-refractivity contribution in [2.24, 2.45) is 0 Å². The lowest BCUT2D eigenvalue weighted by molar-refractivity contribution is 0.224. The Hall–Kier alpha value is -1.71. The number of halogens is 1. The molecule has 1 unspecified atom stereocenters. The second-order valence-corrected chi connectivity index (χ2v) is 5.76. The third-order valence-corrected chi connectivity index (χ3v) is 4.29. The predicted octanol–water partition coefficient (Wildman–Crippen LogP) is 4.43. The molecule has 1 heterocycles. The molecule has 3 heteroatoms. The van der Waals surface area contributed by atoms with Crippen LogP contribution < -0.4 is 0 Å². The van der Waals surface area contributed by atoms with Gasteiger partial charge in [-0.1, -0.05) is 29.8 Å². The van der Waals surface area contributed by atoms with E-state index in [0.717, 1.165) is 26.1 Å². The third-order valence-electron chi connectivity index (χ3n) is 3.12. The van der Waals surface area contributed by atoms with Crippen molar-refractivity contribution in [3.63, 3.8) is 0 Å². The maximum atomic E-state index is 13.2. The van der Waals surface area contributed by atoms with Gasteiger partial charge in [-0.15, -0.1) is 11.3 Å². The summed E-state index contributed by atoms with van der Waals surface area (Å²) in [6, 6.07) is 14.4. The fourth-order valence-corrected chi connectivity index (χ4v) is 3.23. The van der Waals surface area contributed by atoms with E-state index < -0.39 is 6.10 Å². The second kappa shape index (κ2) is 4.76. The summed E-state index contributed by atoms with van der Waals surface area (Å²) in [6.07, 6.45) is -0.652. The lowest BCUT2D eigenvalue weighted by Gasteiger charge is -2.09. The van der Waals surface area contributed by atoms with E-state index in [2.05, 4.69) is 0 Å². The van der Waals surface area contributed by atoms with E-state index in [4.69, 9.17) is 0 Å². The minimum absolute atomic E-state index is 0.248. The maximum Gasteiger partial charge on any atom is 0.123 e. The van der Waals surface area contributed by atoms with Crippen LogP contribution in [0.5, 0.6) is 0 Å². The minimum atomic E-state index is -0.652. The average molecular weight is 272 g/mol. The van der Waals surface area contributed by atoms with Crippen LogP contribution in [0.25, 0.3) is 10.1 Å². The van der Waals surface area contributed by atoms with Gasteiger partial charge in [0.2, 0.25) is 0 Å². The van der Waals surface area contributed by atoms with Gasteiger partial charge in [0, 0.05) is 9.58 Å². The van der Waals surface area contributed by atoms with Gasteiger partial charge < -0.3 is 5.11 Å². The summed E-state index contributed by atoms with van der Waals surface area (Å²) >= 11 is 1.50. The van der Waals surface area contributed by atoms with Gasteiger partial charge in [-0.05, 0) is 42.1 Å². The molecular formula is C16H13FOS. The van der Waals surface area contributed by atoms with Crippen LogP contribution >= 0.6 is 11.3 Å². The topological polar surface area (TPSA) is 20.2 Å². The fourth-order valence-electron chi connectivity index (χ4n) is 2.17. The molecule has 0 aliphatic carbocycles. The van der Waals surface area contributed by atoms with Crippen LogP contribution in [0.2, 0.25) is 0 Å². The molecule has 3 rings (SSSR count). The van der Waals surface area contributed by atoms with Crippen molar-refractivity contribution in [2.45, 2.75) is 13.0 Å². The first-order valence-electron chi connectivity index (χ1n) is 6.07. The Kier molecular flexibility index (Phi) is 3.09. The summed E-state index contributed by atoms with van der Waals surface area (Å²) in [6.45, 7) is 2.00. The van der Waals surface area contributed by atoms with Gasteiger partial charge in [-0.3, -0.25) is 0 Å². The van der Waals surface area contributed by atoms with Gasteiger partial charge in [0.05, 0.1) is 0 Å². The van der Waals surface area contributed by atoms with Crippen LogP contribution in [-0.4, -0.2) is 5.11 Å². The smallest absolute Gasteiger partial charge is 0.123 e. The lowest BCUT2D eigenvalue weighted by Crippen LogP contribution is -1.96. The molecule has 0 spiro atoms. The summed E-state index contributed by atoms with van der Waals surface area (Å²) < 4.78 is 14.2. The van der Waals surface area contributed by atoms with E-state index in [1.165, 1.54) is 23.5 Å². The quantitative estimate of drug-likeness (QED) is 0.731. The number of benzene rings is 2. The largest absolute Gasteiger partial charge is 0.383 e. The number of aryl methyl sites for hydroxylation is 1. The Morgan fingerprint density at radius 1 is 1.11 bits per heavy atom. The lowest BCUT2D eigenvalue weighted by atomic mass is 10.1. The Balaban J connectivity index is 2.04. The SMILES string of the molecule is Cc1cccc(C(O)c2cc3cc(F)ccc3s2)c1. The minimum Gasteiger partial charge on any atom is -0.383 e. The number of rotatable bonds is 2. The Morgan fingerprint density at radius 2 is 1.95 bits per heavy atom. The second-order valence-electron chi connectivity index (χ2n) is 4.65. The zero-order valence-corrected chi connectivity index (χ0v) is 11.2. The standard InChI is InChI=1S/C16H13FOS/c1-10-3-2-4-11(7-10)16(18)15-9-12-8-13(17)5-6-14(12)19-15/h2-9,16,18H,1H3. The predicted molar refractivity (Wildman–Crippen MR) is 77.0 cm³/mol. The maximum absolute atomic E-state index is 13.2. The van der Waals surface area contributed by atoms with E-state index in [-0.39, 0.29) is 5.82 Å². The molecule has 96 valence electrons. The van der Waals surface area contributed by atoms with Crippen molar-refractivity contribution in [3.05, 3.63) is 70.4 Å². The van der Waals surface area contributed by atoms with Gasteiger partial charge in [0.15, 0.2) is 0 Å². The zero-order chi connectivity index (χ0) is 13.4. The summed E-state index contributed by atoms with van der Waals surface area (Å²) in [7, 11) is 0. The van der Waals surface area contributed by atoms with Crippen LogP contribution in [0.15, 0.2) is 48.5 Å². The highest BCUT2D eigenvalue weighted by molar-refractivity contribution is 7.19. The molecule has 0 amide bonds. The van der Waals surface area contributed by atoms with E-state index in [9.17, 15) is 9.50 Å². The van der Waals surface area contributed by atoms with Gasteiger partial charge in [-0.25, -0.2) is 4.39 Å². The number of aliphatic hydroxyl groups is 1. The molecule has 19 heavy (non-hydrogen) atoms. The molecule has 0 fully saturated rings. The molecule has 3 aromatic rings. The summed E-state index contributed by atoms with van der Waals surface area (Å²) in [5.41, 5.74) is 1.98. The van der Waals surface area contributed by atoms with Crippen molar-refractivity contribution < 1.29 is 9.50 Å². The molecule has 1 aromatic heterocycles. The Labute approximate surface area is 115 Å². The highest BCUT2D eigenvalue weighted by Gasteiger charge is 2.14. The molecule has 0 aliphatic rings. The van der Waals surface area contributed by atoms with Crippen LogP contribution in [0.3, 0.4) is 0 Å². The summed E-state index contributed by atoms with van der Waals surface area (Å²) in [5, 5.41) is 11.2. The molecule has 1 atom stereocenters. The van der Waals surface area contributed by atoms with Gasteiger partial charge in [0.1, 0.15) is 11.9 Å². The van der Waals surface area contributed by atoms with E-state index in [0.29, 0.717) is 0 Å². The molecule has 2 aromatic carbocycles. The van der Waals surface area contributed by atoms with Gasteiger partial charge >= 0.3 is 0 Å². The first-order valence-corrected chi connectivity index (χ1v) is 6.89. The van der Waals surface area contributed by atoms with Gasteiger partial charge in [-0.2, -0.15) is 0 Å². The monoisotopic (exact) mass is 272 g/mol. The highest BCUT2D eigenvalue weighted by atomic mass is 32.1. The van der Waals surface area contributed by atoms with E-state index >= 15 is 0 Å². The summed E-state index contributed by atoms with van der Waals surface area (Å²) in [4.78, 5) is 0.839. The molecular weight excluding hydrogens is 259 g/mol. The molecule has 1 N–H and O–H groups in total. The van der Waals surface area contributed by atoms with Gasteiger partial charge in [0.25, 0.3) is 0 Å². The fraction of sp³-hybridized carbons (Fsp3) is 0.125. The van der Waals surface area contributed by atoms with E-state index in [1.54, 1.807) is 6.07 Å². The zero-order valence-electron chi connectivity index (χ0n) is 10.4. The normalized spacial score (nSPS) is 12.8. The first-order chi connectivity index (χ1) is 9.13. The Morgan fingerprint density at radius 3 is 2.74 bits per heavy atom. The van der Waals surface area contributed by atoms with Crippen LogP contribution in [0.4, 0.5) is 4.39 Å². The summed E-state index contributed by atoms with van der Waals surface area (Å²) in [5.74, 6) is -0.248. The third kappa shape index (κ3) is 2.39. The van der Waals surface area contributed by atoms with Crippen LogP contribution in [0, 0.1) is 12.7 Å². The number of aliphatic hydroxyl groups excluding tert-OH is 1. The number of fused-ring (bicyclic) bond motifs is 1. The molecule has 0 saturated heterocycles. The molecule has 0 saturated carbocycles. The van der Waals surface area contributed by atoms with Crippen molar-refractivity contribution >= 4 is 21.4 Å². The van der Waals surface area contributed by atoms with Crippen molar-refractivity contribution in [1.29, 1.82) is 0 Å². The first kappa shape index (κ1) is 12.3. The molecule has 0 bridgehead atoms. The number of hydrogen-bond donors (Lipinski definition) is 1. The van der Waals surface area contributed by atoms with Crippen molar-refractivity contribution in [3.8, 4) is 0 Å². The molecule has 0 aliphatic heterocycles. The van der Waals surface area contributed by atoms with Crippen LogP contribution in [0.1, 0.15) is 22.1 Å². The van der Waals surface area contributed by atoms with Crippen molar-refractivity contribution in [2.75, 3.05) is 0 Å². The Bertz CT molecular complexity index is 732. The highest BCUT2D eigenvalue weighted by Crippen LogP contribution is 2.33.